The first-order valence-electron chi connectivity index (χ1n) is 6.23. The maximum absolute atomic E-state index is 5.98. The fraction of sp³-hybridized carbons (Fsp3) is 0.357. The van der Waals surface area contributed by atoms with E-state index in [2.05, 4.69) is 12.0 Å². The molecule has 18 heavy (non-hydrogen) atoms. The molecule has 1 heterocycles. The van der Waals surface area contributed by atoms with Gasteiger partial charge in [0.1, 0.15) is 11.6 Å². The van der Waals surface area contributed by atoms with Gasteiger partial charge in [-0.3, -0.25) is 0 Å². The first-order chi connectivity index (χ1) is 8.74. The predicted molar refractivity (Wildman–Crippen MR) is 73.1 cm³/mol. The minimum Gasteiger partial charge on any atom is -0.497 e. The maximum Gasteiger partial charge on any atom is 0.127 e. The van der Waals surface area contributed by atoms with Crippen LogP contribution in [0.1, 0.15) is 25.5 Å². The Morgan fingerprint density at radius 1 is 1.28 bits per heavy atom. The van der Waals surface area contributed by atoms with Crippen molar-refractivity contribution in [3.05, 3.63) is 36.0 Å². The normalized spacial score (nSPS) is 10.6. The van der Waals surface area contributed by atoms with E-state index in [1.165, 1.54) is 0 Å². The standard InChI is InChI=1S/C14H19N3O/c1-3-4-5-11-10-14(15)17(16-11)12-6-8-13(18-2)9-7-12/h6-10H,3-5,15H2,1-2H3. The lowest BCUT2D eigenvalue weighted by molar-refractivity contribution is 0.414. The van der Waals surface area contributed by atoms with E-state index in [0.29, 0.717) is 5.82 Å². The maximum atomic E-state index is 5.98. The molecule has 0 atom stereocenters. The van der Waals surface area contributed by atoms with Crippen LogP contribution in [0.25, 0.3) is 5.69 Å². The summed E-state index contributed by atoms with van der Waals surface area (Å²) in [5.41, 5.74) is 7.99. The van der Waals surface area contributed by atoms with Gasteiger partial charge in [0.15, 0.2) is 0 Å². The Kier molecular flexibility index (Phi) is 3.87. The van der Waals surface area contributed by atoms with Crippen molar-refractivity contribution >= 4 is 5.82 Å². The molecule has 0 spiro atoms. The average Bonchev–Trinajstić information content (AvgIpc) is 2.78. The van der Waals surface area contributed by atoms with Gasteiger partial charge < -0.3 is 10.5 Å². The molecule has 0 aliphatic heterocycles. The van der Waals surface area contributed by atoms with Crippen molar-refractivity contribution in [1.82, 2.24) is 9.78 Å². The molecular weight excluding hydrogens is 226 g/mol. The van der Waals surface area contributed by atoms with Crippen molar-refractivity contribution in [3.8, 4) is 11.4 Å². The lowest BCUT2D eigenvalue weighted by Crippen LogP contribution is -2.01. The Morgan fingerprint density at radius 2 is 2.00 bits per heavy atom. The first-order valence-corrected chi connectivity index (χ1v) is 6.23. The molecule has 2 rings (SSSR count). The van der Waals surface area contributed by atoms with Crippen molar-refractivity contribution in [2.24, 2.45) is 0 Å². The second kappa shape index (κ2) is 5.58. The van der Waals surface area contributed by atoms with Crippen LogP contribution in [0, 0.1) is 0 Å². The number of anilines is 1. The van der Waals surface area contributed by atoms with Crippen LogP contribution in [0.15, 0.2) is 30.3 Å². The van der Waals surface area contributed by atoms with Crippen LogP contribution in [0.4, 0.5) is 5.82 Å². The zero-order chi connectivity index (χ0) is 13.0. The molecule has 2 N–H and O–H groups in total. The summed E-state index contributed by atoms with van der Waals surface area (Å²) < 4.78 is 6.90. The van der Waals surface area contributed by atoms with Crippen molar-refractivity contribution < 1.29 is 4.74 Å². The fourth-order valence-corrected chi connectivity index (χ4v) is 1.86. The molecule has 0 unspecified atom stereocenters. The summed E-state index contributed by atoms with van der Waals surface area (Å²) >= 11 is 0. The van der Waals surface area contributed by atoms with Crippen LogP contribution in [-0.2, 0) is 6.42 Å². The highest BCUT2D eigenvalue weighted by molar-refractivity contribution is 5.44. The van der Waals surface area contributed by atoms with Crippen molar-refractivity contribution in [2.75, 3.05) is 12.8 Å². The number of aromatic nitrogens is 2. The van der Waals surface area contributed by atoms with Gasteiger partial charge in [-0.1, -0.05) is 13.3 Å². The monoisotopic (exact) mass is 245 g/mol. The third-order valence-electron chi connectivity index (χ3n) is 2.89. The van der Waals surface area contributed by atoms with E-state index < -0.39 is 0 Å². The van der Waals surface area contributed by atoms with E-state index in [1.54, 1.807) is 11.8 Å². The third kappa shape index (κ3) is 2.64. The van der Waals surface area contributed by atoms with Gasteiger partial charge in [-0.05, 0) is 37.1 Å². The van der Waals surface area contributed by atoms with E-state index in [0.717, 1.165) is 36.4 Å². The number of nitrogens with two attached hydrogens (primary N) is 1. The molecule has 0 amide bonds. The number of ether oxygens (including phenoxy) is 1. The van der Waals surface area contributed by atoms with Gasteiger partial charge in [-0.2, -0.15) is 5.10 Å². The van der Waals surface area contributed by atoms with Gasteiger partial charge in [-0.15, -0.1) is 0 Å². The molecule has 2 aromatic rings. The molecule has 0 fully saturated rings. The van der Waals surface area contributed by atoms with Crippen LogP contribution >= 0.6 is 0 Å². The number of hydrogen-bond acceptors (Lipinski definition) is 3. The molecule has 0 aliphatic carbocycles. The van der Waals surface area contributed by atoms with Gasteiger partial charge in [0.25, 0.3) is 0 Å². The summed E-state index contributed by atoms with van der Waals surface area (Å²) in [6.07, 6.45) is 3.28. The Labute approximate surface area is 107 Å². The van der Waals surface area contributed by atoms with Gasteiger partial charge in [0.2, 0.25) is 0 Å². The van der Waals surface area contributed by atoms with Crippen LogP contribution < -0.4 is 10.5 Å². The molecule has 0 saturated heterocycles. The molecule has 1 aromatic carbocycles. The third-order valence-corrected chi connectivity index (χ3v) is 2.89. The van der Waals surface area contributed by atoms with E-state index in [4.69, 9.17) is 10.5 Å². The summed E-state index contributed by atoms with van der Waals surface area (Å²) in [5.74, 6) is 1.50. The number of rotatable bonds is 5. The predicted octanol–water partition coefficient (Wildman–Crippen LogP) is 2.81. The van der Waals surface area contributed by atoms with Gasteiger partial charge >= 0.3 is 0 Å². The zero-order valence-electron chi connectivity index (χ0n) is 10.9. The molecule has 4 heteroatoms. The molecule has 1 aromatic heterocycles. The minimum absolute atomic E-state index is 0.672. The molecule has 0 radical (unpaired) electrons. The first kappa shape index (κ1) is 12.5. The summed E-state index contributed by atoms with van der Waals surface area (Å²) in [6.45, 7) is 2.17. The fourth-order valence-electron chi connectivity index (χ4n) is 1.86. The van der Waals surface area contributed by atoms with Crippen molar-refractivity contribution in [1.29, 1.82) is 0 Å². The Balaban J connectivity index is 2.23. The van der Waals surface area contributed by atoms with Crippen molar-refractivity contribution in [3.63, 3.8) is 0 Å². The van der Waals surface area contributed by atoms with Gasteiger partial charge in [0.05, 0.1) is 18.5 Å². The highest BCUT2D eigenvalue weighted by Crippen LogP contribution is 2.18. The van der Waals surface area contributed by atoms with Crippen molar-refractivity contribution in [2.45, 2.75) is 26.2 Å². The Morgan fingerprint density at radius 3 is 2.61 bits per heavy atom. The lowest BCUT2D eigenvalue weighted by Gasteiger charge is -2.05. The second-order valence-corrected chi connectivity index (χ2v) is 4.27. The smallest absolute Gasteiger partial charge is 0.127 e. The molecule has 4 nitrogen and oxygen atoms in total. The summed E-state index contributed by atoms with van der Waals surface area (Å²) in [4.78, 5) is 0. The number of nitrogen functional groups attached to an aromatic ring is 1. The number of aryl methyl sites for hydroxylation is 1. The summed E-state index contributed by atoms with van der Waals surface area (Å²) in [5, 5.41) is 4.52. The highest BCUT2D eigenvalue weighted by Gasteiger charge is 2.06. The summed E-state index contributed by atoms with van der Waals surface area (Å²) in [7, 11) is 1.65. The molecular formula is C14H19N3O. The quantitative estimate of drug-likeness (QED) is 0.881. The molecule has 96 valence electrons. The number of benzene rings is 1. The van der Waals surface area contributed by atoms with E-state index in [9.17, 15) is 0 Å². The second-order valence-electron chi connectivity index (χ2n) is 4.27. The van der Waals surface area contributed by atoms with Crippen LogP contribution in [0.3, 0.4) is 0 Å². The van der Waals surface area contributed by atoms with E-state index >= 15 is 0 Å². The van der Waals surface area contributed by atoms with E-state index in [1.807, 2.05) is 30.3 Å². The van der Waals surface area contributed by atoms with Crippen LogP contribution in [-0.4, -0.2) is 16.9 Å². The molecule has 0 saturated carbocycles. The summed E-state index contributed by atoms with van der Waals surface area (Å²) in [6, 6.07) is 9.65. The van der Waals surface area contributed by atoms with E-state index in [-0.39, 0.29) is 0 Å². The SMILES string of the molecule is CCCCc1cc(N)n(-c2ccc(OC)cc2)n1. The Hall–Kier alpha value is -1.97. The number of hydrogen-bond donors (Lipinski definition) is 1. The number of methoxy groups -OCH3 is 1. The molecule has 0 aliphatic rings. The van der Waals surface area contributed by atoms with Gasteiger partial charge in [-0.25, -0.2) is 4.68 Å². The largest absolute Gasteiger partial charge is 0.497 e. The number of unbranched alkanes of at least 4 members (excludes halogenated alkanes) is 1. The topological polar surface area (TPSA) is 53.1 Å². The van der Waals surface area contributed by atoms with Crippen LogP contribution in [0.2, 0.25) is 0 Å². The van der Waals surface area contributed by atoms with Crippen LogP contribution in [0.5, 0.6) is 5.75 Å². The van der Waals surface area contributed by atoms with Gasteiger partial charge in [0, 0.05) is 6.07 Å². The minimum atomic E-state index is 0.672. The number of nitrogens with zero attached hydrogens (tertiary/aromatic N) is 2. The average molecular weight is 245 g/mol. The highest BCUT2D eigenvalue weighted by atomic mass is 16.5. The Bertz CT molecular complexity index is 502. The zero-order valence-corrected chi connectivity index (χ0v) is 10.9. The molecule has 0 bridgehead atoms. The lowest BCUT2D eigenvalue weighted by atomic mass is 10.2.